The molecule has 21 heavy (non-hydrogen) atoms. The van der Waals surface area contributed by atoms with Crippen molar-refractivity contribution in [2.45, 2.75) is 4.90 Å². The SMILES string of the molecule is COC(=O)CN(CC(=O)OC)S(=O)(=O)c1cccc(O)c1. The predicted molar refractivity (Wildman–Crippen MR) is 70.9 cm³/mol. The fourth-order valence-corrected chi connectivity index (χ4v) is 2.81. The van der Waals surface area contributed by atoms with E-state index in [1.807, 2.05) is 0 Å². The molecule has 1 aromatic rings. The molecule has 0 heterocycles. The Kier molecular flexibility index (Phi) is 5.68. The molecule has 9 heteroatoms. The van der Waals surface area contributed by atoms with Crippen LogP contribution < -0.4 is 0 Å². The highest BCUT2D eigenvalue weighted by atomic mass is 32.2. The van der Waals surface area contributed by atoms with Crippen molar-refractivity contribution in [2.75, 3.05) is 27.3 Å². The topological polar surface area (TPSA) is 110 Å². The van der Waals surface area contributed by atoms with Crippen LogP contribution >= 0.6 is 0 Å². The number of methoxy groups -OCH3 is 2. The van der Waals surface area contributed by atoms with Gasteiger partial charge in [-0.15, -0.1) is 0 Å². The van der Waals surface area contributed by atoms with Crippen LogP contribution in [-0.4, -0.2) is 57.1 Å². The van der Waals surface area contributed by atoms with Crippen LogP contribution in [0.3, 0.4) is 0 Å². The molecule has 1 N–H and O–H groups in total. The molecule has 0 aliphatic rings. The average Bonchev–Trinajstić information content (AvgIpc) is 2.46. The van der Waals surface area contributed by atoms with Crippen molar-refractivity contribution >= 4 is 22.0 Å². The van der Waals surface area contributed by atoms with Crippen molar-refractivity contribution in [1.82, 2.24) is 4.31 Å². The van der Waals surface area contributed by atoms with E-state index in [2.05, 4.69) is 9.47 Å². The lowest BCUT2D eigenvalue weighted by Crippen LogP contribution is -2.40. The average molecular weight is 317 g/mol. The van der Waals surface area contributed by atoms with Crippen molar-refractivity contribution in [3.63, 3.8) is 0 Å². The smallest absolute Gasteiger partial charge is 0.321 e. The van der Waals surface area contributed by atoms with Crippen LogP contribution in [0.4, 0.5) is 0 Å². The maximum Gasteiger partial charge on any atom is 0.321 e. The second-order valence-electron chi connectivity index (χ2n) is 3.92. The van der Waals surface area contributed by atoms with Crippen LogP contribution in [0.2, 0.25) is 0 Å². The molecule has 0 amide bonds. The molecule has 0 saturated heterocycles. The number of esters is 2. The zero-order valence-electron chi connectivity index (χ0n) is 11.5. The Morgan fingerprint density at radius 2 is 1.67 bits per heavy atom. The number of hydrogen-bond donors (Lipinski definition) is 1. The van der Waals surface area contributed by atoms with E-state index in [0.29, 0.717) is 4.31 Å². The number of carbonyl (C=O) groups excluding carboxylic acids is 2. The van der Waals surface area contributed by atoms with Gasteiger partial charge in [0.05, 0.1) is 19.1 Å². The number of rotatable bonds is 6. The summed E-state index contributed by atoms with van der Waals surface area (Å²) in [5.41, 5.74) is 0. The molecule has 0 fully saturated rings. The first kappa shape index (κ1) is 16.9. The molecule has 0 radical (unpaired) electrons. The standard InChI is InChI=1S/C12H15NO7S/c1-19-11(15)7-13(8-12(16)20-2)21(17,18)10-5-3-4-9(14)6-10/h3-6,14H,7-8H2,1-2H3. The fraction of sp³-hybridized carbons (Fsp3) is 0.333. The number of aromatic hydroxyl groups is 1. The first-order valence-electron chi connectivity index (χ1n) is 5.74. The lowest BCUT2D eigenvalue weighted by molar-refractivity contribution is -0.143. The van der Waals surface area contributed by atoms with E-state index in [0.717, 1.165) is 20.3 Å². The van der Waals surface area contributed by atoms with E-state index >= 15 is 0 Å². The Bertz CT molecular complexity index is 608. The van der Waals surface area contributed by atoms with Gasteiger partial charge in [-0.2, -0.15) is 4.31 Å². The lowest BCUT2D eigenvalue weighted by atomic mass is 10.3. The molecule has 0 unspecified atom stereocenters. The van der Waals surface area contributed by atoms with E-state index in [1.54, 1.807) is 0 Å². The molecule has 116 valence electrons. The number of benzene rings is 1. The van der Waals surface area contributed by atoms with E-state index < -0.39 is 35.1 Å². The van der Waals surface area contributed by atoms with Crippen molar-refractivity contribution in [1.29, 1.82) is 0 Å². The molecule has 0 aromatic heterocycles. The van der Waals surface area contributed by atoms with E-state index in [-0.39, 0.29) is 10.6 Å². The molecule has 0 saturated carbocycles. The number of carbonyl (C=O) groups is 2. The Hall–Kier alpha value is -2.13. The number of phenols is 1. The number of hydrogen-bond acceptors (Lipinski definition) is 7. The Labute approximate surface area is 121 Å². The maximum absolute atomic E-state index is 12.4. The zero-order valence-corrected chi connectivity index (χ0v) is 12.3. The monoisotopic (exact) mass is 317 g/mol. The molecule has 0 aliphatic heterocycles. The minimum atomic E-state index is -4.16. The normalized spacial score (nSPS) is 11.2. The van der Waals surface area contributed by atoms with Crippen molar-refractivity contribution in [3.05, 3.63) is 24.3 Å². The minimum Gasteiger partial charge on any atom is -0.508 e. The third-order valence-corrected chi connectivity index (χ3v) is 4.31. The quantitative estimate of drug-likeness (QED) is 0.719. The van der Waals surface area contributed by atoms with Crippen LogP contribution in [0, 0.1) is 0 Å². The first-order chi connectivity index (χ1) is 9.81. The van der Waals surface area contributed by atoms with Crippen LogP contribution in [0.15, 0.2) is 29.2 Å². The second-order valence-corrected chi connectivity index (χ2v) is 5.86. The number of phenolic OH excluding ortho intramolecular Hbond substituents is 1. The lowest BCUT2D eigenvalue weighted by Gasteiger charge is -2.19. The van der Waals surface area contributed by atoms with Gasteiger partial charge in [-0.05, 0) is 18.2 Å². The summed E-state index contributed by atoms with van der Waals surface area (Å²) in [4.78, 5) is 22.4. The van der Waals surface area contributed by atoms with Gasteiger partial charge in [-0.3, -0.25) is 9.59 Å². The van der Waals surface area contributed by atoms with Gasteiger partial charge in [-0.25, -0.2) is 8.42 Å². The summed E-state index contributed by atoms with van der Waals surface area (Å²) in [6.45, 7) is -1.30. The largest absolute Gasteiger partial charge is 0.508 e. The van der Waals surface area contributed by atoms with Gasteiger partial charge in [0, 0.05) is 0 Å². The number of nitrogens with zero attached hydrogens (tertiary/aromatic N) is 1. The van der Waals surface area contributed by atoms with Gasteiger partial charge in [0.2, 0.25) is 10.0 Å². The fourth-order valence-electron chi connectivity index (χ4n) is 1.44. The van der Waals surface area contributed by atoms with Gasteiger partial charge < -0.3 is 14.6 Å². The molecule has 0 aliphatic carbocycles. The van der Waals surface area contributed by atoms with Crippen LogP contribution in [-0.2, 0) is 29.1 Å². The molecular weight excluding hydrogens is 302 g/mol. The van der Waals surface area contributed by atoms with Crippen LogP contribution in [0.25, 0.3) is 0 Å². The summed E-state index contributed by atoms with van der Waals surface area (Å²) in [6, 6.07) is 4.87. The third kappa shape index (κ3) is 4.43. The van der Waals surface area contributed by atoms with Gasteiger partial charge in [0.15, 0.2) is 0 Å². The summed E-state index contributed by atoms with van der Waals surface area (Å²) in [6.07, 6.45) is 0. The van der Waals surface area contributed by atoms with Crippen molar-refractivity contribution in [3.8, 4) is 5.75 Å². The zero-order chi connectivity index (χ0) is 16.0. The van der Waals surface area contributed by atoms with Crippen molar-refractivity contribution < 1.29 is 32.6 Å². The Morgan fingerprint density at radius 3 is 2.10 bits per heavy atom. The maximum atomic E-state index is 12.4. The second kappa shape index (κ2) is 7.04. The molecule has 1 aromatic carbocycles. The summed E-state index contributed by atoms with van der Waals surface area (Å²) in [5, 5.41) is 9.35. The van der Waals surface area contributed by atoms with Crippen LogP contribution in [0.1, 0.15) is 0 Å². The predicted octanol–water partition coefficient (Wildman–Crippen LogP) is -0.271. The molecule has 0 spiro atoms. The van der Waals surface area contributed by atoms with Crippen LogP contribution in [0.5, 0.6) is 5.75 Å². The summed E-state index contributed by atoms with van der Waals surface area (Å²) in [7, 11) is -1.97. The molecule has 0 bridgehead atoms. The van der Waals surface area contributed by atoms with E-state index in [9.17, 15) is 23.1 Å². The molecule has 1 rings (SSSR count). The van der Waals surface area contributed by atoms with E-state index in [4.69, 9.17) is 0 Å². The highest BCUT2D eigenvalue weighted by Crippen LogP contribution is 2.20. The van der Waals surface area contributed by atoms with E-state index in [1.165, 1.54) is 18.2 Å². The van der Waals surface area contributed by atoms with Gasteiger partial charge in [0.25, 0.3) is 0 Å². The highest BCUT2D eigenvalue weighted by molar-refractivity contribution is 7.89. The summed E-state index contributed by atoms with van der Waals surface area (Å²) >= 11 is 0. The summed E-state index contributed by atoms with van der Waals surface area (Å²) in [5.74, 6) is -1.92. The van der Waals surface area contributed by atoms with Crippen molar-refractivity contribution in [2.24, 2.45) is 0 Å². The Balaban J connectivity index is 3.16. The third-order valence-electron chi connectivity index (χ3n) is 2.52. The Morgan fingerprint density at radius 1 is 1.14 bits per heavy atom. The number of ether oxygens (including phenoxy) is 2. The first-order valence-corrected chi connectivity index (χ1v) is 7.18. The molecule has 0 atom stereocenters. The highest BCUT2D eigenvalue weighted by Gasteiger charge is 2.29. The number of sulfonamides is 1. The molecular formula is C12H15NO7S. The van der Waals surface area contributed by atoms with Gasteiger partial charge in [-0.1, -0.05) is 6.07 Å². The molecule has 8 nitrogen and oxygen atoms in total. The van der Waals surface area contributed by atoms with Gasteiger partial charge >= 0.3 is 11.9 Å². The summed E-state index contributed by atoms with van der Waals surface area (Å²) < 4.78 is 34.2. The minimum absolute atomic E-state index is 0.254. The van der Waals surface area contributed by atoms with Gasteiger partial charge in [0.1, 0.15) is 18.8 Å².